The number of fused-ring (bicyclic) bond motifs is 1. The Morgan fingerprint density at radius 2 is 1.84 bits per heavy atom. The van der Waals surface area contributed by atoms with Crippen molar-refractivity contribution in [1.29, 1.82) is 0 Å². The van der Waals surface area contributed by atoms with Crippen LogP contribution in [0.4, 0.5) is 11.6 Å². The van der Waals surface area contributed by atoms with Crippen LogP contribution in [0.5, 0.6) is 5.75 Å². The molecule has 37 heavy (non-hydrogen) atoms. The smallest absolute Gasteiger partial charge is 0.238 e. The second-order valence-corrected chi connectivity index (χ2v) is 10.0. The van der Waals surface area contributed by atoms with E-state index in [-0.39, 0.29) is 5.91 Å². The molecule has 0 spiro atoms. The number of nitrogens with one attached hydrogen (secondary N) is 2. The van der Waals surface area contributed by atoms with Crippen molar-refractivity contribution in [3.63, 3.8) is 0 Å². The van der Waals surface area contributed by atoms with Crippen LogP contribution >= 0.6 is 0 Å². The van der Waals surface area contributed by atoms with Crippen molar-refractivity contribution in [3.05, 3.63) is 42.6 Å². The van der Waals surface area contributed by atoms with Crippen LogP contribution < -0.4 is 15.4 Å². The number of anilines is 2. The van der Waals surface area contributed by atoms with E-state index in [1.54, 1.807) is 20.4 Å². The summed E-state index contributed by atoms with van der Waals surface area (Å²) in [7, 11) is 5.65. The van der Waals surface area contributed by atoms with Crippen molar-refractivity contribution in [2.75, 3.05) is 77.7 Å². The van der Waals surface area contributed by atoms with Gasteiger partial charge >= 0.3 is 0 Å². The van der Waals surface area contributed by atoms with Crippen LogP contribution in [0.25, 0.3) is 22.0 Å². The summed E-state index contributed by atoms with van der Waals surface area (Å²) in [6.07, 6.45) is 4.22. The molecule has 3 aromatic rings. The first-order valence-corrected chi connectivity index (χ1v) is 13.1. The molecular weight excluding hydrogens is 466 g/mol. The molecule has 1 amide bonds. The summed E-state index contributed by atoms with van der Waals surface area (Å²) in [6.45, 7) is 6.63. The molecule has 2 fully saturated rings. The number of rotatable bonds is 7. The number of benzene rings is 2. The number of aromatic nitrogens is 2. The van der Waals surface area contributed by atoms with Gasteiger partial charge in [-0.2, -0.15) is 0 Å². The van der Waals surface area contributed by atoms with E-state index in [0.717, 1.165) is 59.6 Å². The molecule has 9 nitrogen and oxygen atoms in total. The Morgan fingerprint density at radius 1 is 1.05 bits per heavy atom. The van der Waals surface area contributed by atoms with Crippen molar-refractivity contribution in [3.8, 4) is 17.0 Å². The molecular formula is C28H37N7O2. The van der Waals surface area contributed by atoms with Crippen LogP contribution in [-0.4, -0.2) is 104 Å². The van der Waals surface area contributed by atoms with Gasteiger partial charge in [-0.05, 0) is 68.7 Å². The number of carbonyl (C=O) groups excluding carboxylic acids is 1. The van der Waals surface area contributed by atoms with Gasteiger partial charge < -0.3 is 20.3 Å². The van der Waals surface area contributed by atoms with Gasteiger partial charge in [-0.15, -0.1) is 0 Å². The van der Waals surface area contributed by atoms with Gasteiger partial charge in [0.1, 0.15) is 5.75 Å². The van der Waals surface area contributed by atoms with Crippen LogP contribution in [0.1, 0.15) is 12.8 Å². The van der Waals surface area contributed by atoms with Gasteiger partial charge in [-0.3, -0.25) is 14.6 Å². The maximum atomic E-state index is 13.2. The van der Waals surface area contributed by atoms with Crippen LogP contribution in [0.3, 0.4) is 0 Å². The Kier molecular flexibility index (Phi) is 7.83. The molecule has 0 unspecified atom stereocenters. The molecule has 9 heteroatoms. The number of methoxy groups -OCH3 is 1. The van der Waals surface area contributed by atoms with Gasteiger partial charge in [0.25, 0.3) is 0 Å². The van der Waals surface area contributed by atoms with E-state index in [1.165, 1.54) is 25.9 Å². The number of carbonyl (C=O) groups is 1. The predicted octanol–water partition coefficient (Wildman–Crippen LogP) is 3.00. The monoisotopic (exact) mass is 503 g/mol. The Morgan fingerprint density at radius 3 is 2.57 bits per heavy atom. The van der Waals surface area contributed by atoms with E-state index in [4.69, 9.17) is 4.74 Å². The lowest BCUT2D eigenvalue weighted by Crippen LogP contribution is -2.53. The zero-order valence-electron chi connectivity index (χ0n) is 22.0. The lowest BCUT2D eigenvalue weighted by molar-refractivity contribution is -0.117. The predicted molar refractivity (Wildman–Crippen MR) is 148 cm³/mol. The van der Waals surface area contributed by atoms with Gasteiger partial charge in [0.05, 0.1) is 19.3 Å². The first-order valence-electron chi connectivity index (χ1n) is 13.1. The molecule has 3 heterocycles. The van der Waals surface area contributed by atoms with Gasteiger partial charge in [0.15, 0.2) is 0 Å². The van der Waals surface area contributed by atoms with Gasteiger partial charge in [-0.25, -0.2) is 9.97 Å². The quantitative estimate of drug-likeness (QED) is 0.509. The van der Waals surface area contributed by atoms with Gasteiger partial charge in [-0.1, -0.05) is 6.07 Å². The molecule has 2 N–H and O–H groups in total. The first-order chi connectivity index (χ1) is 18.0. The number of likely N-dealkylation sites (tertiary alicyclic amines) is 1. The number of ether oxygens (including phenoxy) is 1. The summed E-state index contributed by atoms with van der Waals surface area (Å²) >= 11 is 0. The fraction of sp³-hybridized carbons (Fsp3) is 0.464. The first kappa shape index (κ1) is 25.4. The topological polar surface area (TPSA) is 85.9 Å². The van der Waals surface area contributed by atoms with E-state index < -0.39 is 0 Å². The fourth-order valence-corrected chi connectivity index (χ4v) is 5.39. The van der Waals surface area contributed by atoms with Crippen LogP contribution in [0, 0.1) is 0 Å². The van der Waals surface area contributed by atoms with Crippen LogP contribution in [-0.2, 0) is 4.79 Å². The van der Waals surface area contributed by atoms with Crippen molar-refractivity contribution >= 4 is 28.3 Å². The molecule has 0 bridgehead atoms. The average Bonchev–Trinajstić information content (AvgIpc) is 2.93. The Hall–Kier alpha value is -3.27. The van der Waals surface area contributed by atoms with Crippen molar-refractivity contribution in [1.82, 2.24) is 24.7 Å². The average molecular weight is 504 g/mol. The SMILES string of the molecule is CNc1nccc(-c2cc(NC(=O)CN3CCN(C4CCN(C)CC4)CC3)c3cc(OC)ccc3c2)n1. The van der Waals surface area contributed by atoms with E-state index in [1.807, 2.05) is 30.3 Å². The molecule has 5 rings (SSSR count). The molecule has 2 aliphatic rings. The highest BCUT2D eigenvalue weighted by Crippen LogP contribution is 2.33. The van der Waals surface area contributed by atoms with Gasteiger partial charge in [0, 0.05) is 62.1 Å². The summed E-state index contributed by atoms with van der Waals surface area (Å²) < 4.78 is 5.46. The standard InChI is InChI=1S/C28H37N7O2/c1-29-28-30-9-6-25(32-28)21-16-20-4-5-23(37-3)18-24(20)26(17-21)31-27(36)19-34-12-14-35(15-13-34)22-7-10-33(2)11-8-22/h4-6,9,16-18,22H,7-8,10-15,19H2,1-3H3,(H,31,36)(H,29,30,32). The summed E-state index contributed by atoms with van der Waals surface area (Å²) in [6, 6.07) is 12.5. The molecule has 1 aromatic heterocycles. The van der Waals surface area contributed by atoms with Crippen LogP contribution in [0.15, 0.2) is 42.6 Å². The normalized spacial score (nSPS) is 18.1. The minimum Gasteiger partial charge on any atom is -0.497 e. The largest absolute Gasteiger partial charge is 0.497 e. The van der Waals surface area contributed by atoms with Gasteiger partial charge in [0.2, 0.25) is 11.9 Å². The summed E-state index contributed by atoms with van der Waals surface area (Å²) in [5.41, 5.74) is 2.46. The highest BCUT2D eigenvalue weighted by Gasteiger charge is 2.27. The molecule has 2 aliphatic heterocycles. The molecule has 2 aromatic carbocycles. The summed E-state index contributed by atoms with van der Waals surface area (Å²) in [4.78, 5) is 29.3. The number of nitrogens with zero attached hydrogens (tertiary/aromatic N) is 5. The van der Waals surface area contributed by atoms with E-state index in [2.05, 4.69) is 48.4 Å². The number of piperazine rings is 1. The van der Waals surface area contributed by atoms with E-state index in [9.17, 15) is 4.79 Å². The second-order valence-electron chi connectivity index (χ2n) is 10.0. The zero-order valence-corrected chi connectivity index (χ0v) is 22.0. The van der Waals surface area contributed by atoms with Crippen molar-refractivity contribution in [2.24, 2.45) is 0 Å². The van der Waals surface area contributed by atoms with Crippen molar-refractivity contribution < 1.29 is 9.53 Å². The maximum Gasteiger partial charge on any atom is 0.238 e. The third-order valence-corrected chi connectivity index (χ3v) is 7.59. The van der Waals surface area contributed by atoms with E-state index in [0.29, 0.717) is 18.5 Å². The third-order valence-electron chi connectivity index (χ3n) is 7.59. The molecule has 0 saturated carbocycles. The Labute approximate surface area is 218 Å². The number of amides is 1. The fourth-order valence-electron chi connectivity index (χ4n) is 5.39. The molecule has 0 atom stereocenters. The zero-order chi connectivity index (χ0) is 25.8. The Bertz CT molecular complexity index is 1230. The van der Waals surface area contributed by atoms with Crippen LogP contribution in [0.2, 0.25) is 0 Å². The lowest BCUT2D eigenvalue weighted by atomic mass is 10.0. The highest BCUT2D eigenvalue weighted by molar-refractivity contribution is 6.05. The number of hydrogen-bond donors (Lipinski definition) is 2. The minimum absolute atomic E-state index is 0.00684. The third kappa shape index (κ3) is 6.01. The van der Waals surface area contributed by atoms with E-state index >= 15 is 0 Å². The summed E-state index contributed by atoms with van der Waals surface area (Å²) in [5.74, 6) is 1.30. The minimum atomic E-state index is -0.00684. The Balaban J connectivity index is 1.30. The number of piperidine rings is 1. The van der Waals surface area contributed by atoms with Crippen molar-refractivity contribution in [2.45, 2.75) is 18.9 Å². The molecule has 196 valence electrons. The molecule has 0 radical (unpaired) electrons. The molecule has 2 saturated heterocycles. The summed E-state index contributed by atoms with van der Waals surface area (Å²) in [5, 5.41) is 8.12. The highest BCUT2D eigenvalue weighted by atomic mass is 16.5. The second kappa shape index (κ2) is 11.4. The molecule has 0 aliphatic carbocycles. The number of hydrogen-bond acceptors (Lipinski definition) is 8. The lowest BCUT2D eigenvalue weighted by Gasteiger charge is -2.42. The maximum absolute atomic E-state index is 13.2.